The van der Waals surface area contributed by atoms with Gasteiger partial charge in [0, 0.05) is 69.3 Å². The van der Waals surface area contributed by atoms with Gasteiger partial charge in [-0.1, -0.05) is 24.3 Å². The molecule has 0 spiro atoms. The van der Waals surface area contributed by atoms with Crippen LogP contribution in [-0.2, 0) is 24.9 Å². The van der Waals surface area contributed by atoms with Crippen molar-refractivity contribution in [1.82, 2.24) is 23.5 Å². The molecule has 1 aliphatic rings. The molecule has 1 aliphatic heterocycles. The molecule has 7 nitrogen and oxygen atoms in total. The number of fused-ring (bicyclic) bond motifs is 2. The molecule has 4 aromatic rings. The Morgan fingerprint density at radius 3 is 2.26 bits per heavy atom. The summed E-state index contributed by atoms with van der Waals surface area (Å²) in [7, 11) is 4.17. The van der Waals surface area contributed by atoms with Gasteiger partial charge >= 0.3 is 5.69 Å². The summed E-state index contributed by atoms with van der Waals surface area (Å²) < 4.78 is 5.77. The predicted octanol–water partition coefficient (Wildman–Crippen LogP) is 2.71. The Morgan fingerprint density at radius 2 is 1.56 bits per heavy atom. The highest BCUT2D eigenvalue weighted by Gasteiger charge is 2.22. The molecule has 0 aliphatic carbocycles. The highest BCUT2D eigenvalue weighted by atomic mass is 16.2. The zero-order valence-corrected chi connectivity index (χ0v) is 20.3. The Kier molecular flexibility index (Phi) is 6.15. The lowest BCUT2D eigenvalue weighted by molar-refractivity contribution is -0.112. The Hall–Kier alpha value is -3.16. The Morgan fingerprint density at radius 1 is 0.882 bits per heavy atom. The van der Waals surface area contributed by atoms with E-state index >= 15 is 0 Å². The molecule has 0 N–H and O–H groups in total. The standard InChI is InChI=1S/C27H33N5O2/c1-20-7-6-10-25-26(20)22(17-29(25)3)18-32-24-9-5-4-8-23(24)31(27(32)34)16-21(19-33)15-30-13-11-28(2)12-14-30/h4-10,17,19,21H,11-16,18H2,1-3H3. The Balaban J connectivity index is 1.49. The molecule has 5 rings (SSSR count). The number of aryl methyl sites for hydroxylation is 2. The van der Waals surface area contributed by atoms with Gasteiger partial charge < -0.3 is 19.2 Å². The molecule has 7 heteroatoms. The number of nitrogens with zero attached hydrogens (tertiary/aromatic N) is 5. The van der Waals surface area contributed by atoms with Crippen molar-refractivity contribution >= 4 is 28.2 Å². The second-order valence-electron chi connectivity index (χ2n) is 9.70. The average Bonchev–Trinajstić information content (AvgIpc) is 3.30. The molecule has 0 bridgehead atoms. The molecule has 2 aromatic heterocycles. The Bertz CT molecular complexity index is 1390. The number of likely N-dealkylation sites (N-methyl/N-ethyl adjacent to an activating group) is 1. The first-order valence-electron chi connectivity index (χ1n) is 12.0. The smallest absolute Gasteiger partial charge is 0.329 e. The van der Waals surface area contributed by atoms with Crippen molar-refractivity contribution in [3.8, 4) is 0 Å². The maximum atomic E-state index is 13.7. The average molecular weight is 460 g/mol. The maximum Gasteiger partial charge on any atom is 0.329 e. The van der Waals surface area contributed by atoms with Crippen LogP contribution in [0.3, 0.4) is 0 Å². The molecule has 0 saturated carbocycles. The second-order valence-corrected chi connectivity index (χ2v) is 9.70. The van der Waals surface area contributed by atoms with Crippen LogP contribution in [0.15, 0.2) is 53.5 Å². The molecule has 178 valence electrons. The van der Waals surface area contributed by atoms with E-state index in [0.717, 1.165) is 49.1 Å². The number of imidazole rings is 1. The second kappa shape index (κ2) is 9.24. The molecule has 0 amide bonds. The van der Waals surface area contributed by atoms with Crippen LogP contribution in [0.4, 0.5) is 0 Å². The number of hydrogen-bond acceptors (Lipinski definition) is 4. The zero-order chi connectivity index (χ0) is 23.8. The molecular formula is C27H33N5O2. The van der Waals surface area contributed by atoms with Crippen LogP contribution in [-0.4, -0.2) is 69.6 Å². The number of carbonyl (C=O) groups excluding carboxylic acids is 1. The van der Waals surface area contributed by atoms with Crippen LogP contribution in [0.2, 0.25) is 0 Å². The van der Waals surface area contributed by atoms with Crippen LogP contribution < -0.4 is 5.69 Å². The number of aldehydes is 1. The van der Waals surface area contributed by atoms with Crippen molar-refractivity contribution in [3.63, 3.8) is 0 Å². The Labute approximate surface area is 199 Å². The number of rotatable bonds is 7. The van der Waals surface area contributed by atoms with E-state index in [1.807, 2.05) is 35.9 Å². The van der Waals surface area contributed by atoms with Crippen LogP contribution in [0.1, 0.15) is 11.1 Å². The van der Waals surface area contributed by atoms with Crippen molar-refractivity contribution in [2.24, 2.45) is 13.0 Å². The van der Waals surface area contributed by atoms with Crippen molar-refractivity contribution in [3.05, 3.63) is 70.3 Å². The summed E-state index contributed by atoms with van der Waals surface area (Å²) in [5.41, 5.74) is 5.23. The lowest BCUT2D eigenvalue weighted by Crippen LogP contribution is -2.46. The number of piperazine rings is 1. The SMILES string of the molecule is Cc1cccc2c1c(Cn1c(=O)n(CC(C=O)CN3CCN(C)CC3)c3ccccc31)cn2C. The summed E-state index contributed by atoms with van der Waals surface area (Å²) in [5.74, 6) is -0.222. The van der Waals surface area contributed by atoms with Gasteiger partial charge in [0.25, 0.3) is 0 Å². The lowest BCUT2D eigenvalue weighted by Gasteiger charge is -2.33. The summed E-state index contributed by atoms with van der Waals surface area (Å²) in [6, 6.07) is 14.2. The molecule has 1 fully saturated rings. The zero-order valence-electron chi connectivity index (χ0n) is 20.3. The van der Waals surface area contributed by atoms with Crippen molar-refractivity contribution in [2.75, 3.05) is 39.8 Å². The number of carbonyl (C=O) groups is 1. The summed E-state index contributed by atoms with van der Waals surface area (Å²) in [4.78, 5) is 30.3. The van der Waals surface area contributed by atoms with Crippen LogP contribution in [0.25, 0.3) is 21.9 Å². The number of para-hydroxylation sites is 2. The monoisotopic (exact) mass is 459 g/mol. The van der Waals surface area contributed by atoms with Gasteiger partial charge in [0.1, 0.15) is 6.29 Å². The first kappa shape index (κ1) is 22.6. The topological polar surface area (TPSA) is 55.4 Å². The predicted molar refractivity (Wildman–Crippen MR) is 136 cm³/mol. The highest BCUT2D eigenvalue weighted by molar-refractivity contribution is 5.87. The van der Waals surface area contributed by atoms with Crippen LogP contribution in [0.5, 0.6) is 0 Å². The quantitative estimate of drug-likeness (QED) is 0.399. The molecule has 1 unspecified atom stereocenters. The fraction of sp³-hybridized carbons (Fsp3) is 0.407. The van der Waals surface area contributed by atoms with E-state index in [4.69, 9.17) is 0 Å². The van der Waals surface area contributed by atoms with Gasteiger partial charge in [-0.25, -0.2) is 4.79 Å². The van der Waals surface area contributed by atoms with E-state index in [0.29, 0.717) is 19.6 Å². The van der Waals surface area contributed by atoms with Gasteiger partial charge in [-0.3, -0.25) is 9.13 Å². The molecular weight excluding hydrogens is 426 g/mol. The third-order valence-corrected chi connectivity index (χ3v) is 7.25. The van der Waals surface area contributed by atoms with Crippen molar-refractivity contribution in [2.45, 2.75) is 20.0 Å². The largest absolute Gasteiger partial charge is 0.350 e. The third-order valence-electron chi connectivity index (χ3n) is 7.25. The van der Waals surface area contributed by atoms with Gasteiger partial charge in [-0.2, -0.15) is 0 Å². The van der Waals surface area contributed by atoms with E-state index in [-0.39, 0.29) is 11.6 Å². The third kappa shape index (κ3) is 4.10. The van der Waals surface area contributed by atoms with Gasteiger partial charge in [0.15, 0.2) is 0 Å². The number of hydrogen-bond donors (Lipinski definition) is 0. The van der Waals surface area contributed by atoms with Gasteiger partial charge in [0.2, 0.25) is 0 Å². The van der Waals surface area contributed by atoms with E-state index in [9.17, 15) is 9.59 Å². The normalized spacial score (nSPS) is 16.4. The molecule has 2 aromatic carbocycles. The minimum Gasteiger partial charge on any atom is -0.350 e. The van der Waals surface area contributed by atoms with E-state index in [2.05, 4.69) is 52.7 Å². The summed E-state index contributed by atoms with van der Waals surface area (Å²) >= 11 is 0. The highest BCUT2D eigenvalue weighted by Crippen LogP contribution is 2.26. The minimum absolute atomic E-state index is 0.0583. The molecule has 34 heavy (non-hydrogen) atoms. The van der Waals surface area contributed by atoms with Gasteiger partial charge in [0.05, 0.1) is 17.6 Å². The number of aromatic nitrogens is 3. The molecule has 1 atom stereocenters. The van der Waals surface area contributed by atoms with Crippen molar-refractivity contribution < 1.29 is 4.79 Å². The van der Waals surface area contributed by atoms with Crippen LogP contribution in [0, 0.1) is 12.8 Å². The molecule has 1 saturated heterocycles. The first-order chi connectivity index (χ1) is 16.5. The fourth-order valence-corrected chi connectivity index (χ4v) is 5.36. The maximum absolute atomic E-state index is 13.7. The van der Waals surface area contributed by atoms with Crippen LogP contribution >= 0.6 is 0 Å². The van der Waals surface area contributed by atoms with Gasteiger partial charge in [-0.05, 0) is 43.3 Å². The van der Waals surface area contributed by atoms with E-state index < -0.39 is 0 Å². The van der Waals surface area contributed by atoms with Crippen molar-refractivity contribution in [1.29, 1.82) is 0 Å². The van der Waals surface area contributed by atoms with Gasteiger partial charge in [-0.15, -0.1) is 0 Å². The van der Waals surface area contributed by atoms with E-state index in [1.165, 1.54) is 16.5 Å². The molecule has 3 heterocycles. The fourth-order valence-electron chi connectivity index (χ4n) is 5.36. The summed E-state index contributed by atoms with van der Waals surface area (Å²) in [6.45, 7) is 7.63. The summed E-state index contributed by atoms with van der Waals surface area (Å²) in [5, 5.41) is 1.20. The number of benzene rings is 2. The van der Waals surface area contributed by atoms with E-state index in [1.54, 1.807) is 4.57 Å². The first-order valence-corrected chi connectivity index (χ1v) is 12.0. The summed E-state index contributed by atoms with van der Waals surface area (Å²) in [6.07, 6.45) is 3.14. The molecule has 0 radical (unpaired) electrons. The minimum atomic E-state index is -0.222. The lowest BCUT2D eigenvalue weighted by atomic mass is 10.1.